The number of hydrogen-bond donors (Lipinski definition) is 2. The van der Waals surface area contributed by atoms with Crippen molar-refractivity contribution in [2.75, 3.05) is 0 Å². The highest BCUT2D eigenvalue weighted by atomic mass is 16.5. The molecular formula is C18H20N2O3. The lowest BCUT2D eigenvalue weighted by Gasteiger charge is -2.19. The number of carbonyl (C=O) groups excluding carboxylic acids is 2. The third-order valence-corrected chi connectivity index (χ3v) is 3.42. The molecule has 2 atom stereocenters. The molecule has 0 radical (unpaired) electrons. The van der Waals surface area contributed by atoms with Crippen LogP contribution in [0.1, 0.15) is 24.1 Å². The van der Waals surface area contributed by atoms with Gasteiger partial charge >= 0.3 is 0 Å². The zero-order valence-electron chi connectivity index (χ0n) is 12.9. The van der Waals surface area contributed by atoms with Gasteiger partial charge in [-0.3, -0.25) is 9.59 Å². The van der Waals surface area contributed by atoms with Crippen molar-refractivity contribution in [1.29, 1.82) is 0 Å². The van der Waals surface area contributed by atoms with Gasteiger partial charge in [0.15, 0.2) is 0 Å². The zero-order chi connectivity index (χ0) is 16.7. The molecule has 0 bridgehead atoms. The van der Waals surface area contributed by atoms with Crippen molar-refractivity contribution in [1.82, 2.24) is 5.32 Å². The lowest BCUT2D eigenvalue weighted by molar-refractivity contribution is -0.135. The van der Waals surface area contributed by atoms with Crippen LogP contribution in [0.5, 0.6) is 0 Å². The Morgan fingerprint density at radius 1 is 1.04 bits per heavy atom. The van der Waals surface area contributed by atoms with Gasteiger partial charge in [0.2, 0.25) is 11.8 Å². The van der Waals surface area contributed by atoms with E-state index >= 15 is 0 Å². The van der Waals surface area contributed by atoms with Crippen LogP contribution < -0.4 is 11.1 Å². The molecule has 5 heteroatoms. The Bertz CT molecular complexity index is 644. The number of primary amides is 1. The molecule has 0 saturated carbocycles. The number of nitrogens with two attached hydrogens (primary N) is 1. The molecule has 0 saturated heterocycles. The van der Waals surface area contributed by atoms with E-state index in [1.54, 1.807) is 31.2 Å². The molecular weight excluding hydrogens is 292 g/mol. The van der Waals surface area contributed by atoms with Crippen LogP contribution in [0, 0.1) is 0 Å². The topological polar surface area (TPSA) is 81.4 Å². The lowest BCUT2D eigenvalue weighted by atomic mass is 10.1. The van der Waals surface area contributed by atoms with Crippen LogP contribution in [0.4, 0.5) is 0 Å². The Labute approximate surface area is 135 Å². The molecule has 0 aliphatic heterocycles. The van der Waals surface area contributed by atoms with Crippen molar-refractivity contribution in [2.24, 2.45) is 5.73 Å². The van der Waals surface area contributed by atoms with Crippen LogP contribution in [0.2, 0.25) is 0 Å². The maximum Gasteiger partial charge on any atom is 0.249 e. The van der Waals surface area contributed by atoms with E-state index in [0.717, 1.165) is 5.56 Å². The van der Waals surface area contributed by atoms with Crippen molar-refractivity contribution < 1.29 is 14.3 Å². The van der Waals surface area contributed by atoms with Gasteiger partial charge in [-0.2, -0.15) is 0 Å². The van der Waals surface area contributed by atoms with Crippen LogP contribution >= 0.6 is 0 Å². The van der Waals surface area contributed by atoms with E-state index in [1.807, 2.05) is 36.4 Å². The van der Waals surface area contributed by atoms with E-state index in [0.29, 0.717) is 12.2 Å². The van der Waals surface area contributed by atoms with Gasteiger partial charge in [-0.1, -0.05) is 60.7 Å². The summed E-state index contributed by atoms with van der Waals surface area (Å²) in [7, 11) is 0. The normalized spacial score (nSPS) is 13.1. The minimum absolute atomic E-state index is 0.321. The summed E-state index contributed by atoms with van der Waals surface area (Å²) in [6.45, 7) is 1.96. The van der Waals surface area contributed by atoms with Crippen LogP contribution in [-0.4, -0.2) is 17.9 Å². The average Bonchev–Trinajstić information content (AvgIpc) is 2.58. The monoisotopic (exact) mass is 312 g/mol. The van der Waals surface area contributed by atoms with Crippen molar-refractivity contribution >= 4 is 11.8 Å². The number of rotatable bonds is 7. The van der Waals surface area contributed by atoms with Gasteiger partial charge in [0.1, 0.15) is 12.1 Å². The molecule has 0 unspecified atom stereocenters. The summed E-state index contributed by atoms with van der Waals surface area (Å²) in [4.78, 5) is 23.8. The SMILES string of the molecule is C[C@H](OCc1ccccc1)C(=O)N[C@H](C(N)=O)c1ccccc1. The molecule has 2 rings (SSSR count). The fraction of sp³-hybridized carbons (Fsp3) is 0.222. The maximum atomic E-state index is 12.2. The van der Waals surface area contributed by atoms with Gasteiger partial charge in [0, 0.05) is 0 Å². The standard InChI is InChI=1S/C18H20N2O3/c1-13(23-12-14-8-4-2-5-9-14)18(22)20-16(17(19)21)15-10-6-3-7-11-15/h2-11,13,16H,12H2,1H3,(H2,19,21)(H,20,22)/t13-,16-/m0/s1. The predicted molar refractivity (Wildman–Crippen MR) is 87.2 cm³/mol. The van der Waals surface area contributed by atoms with Crippen LogP contribution in [0.3, 0.4) is 0 Å². The van der Waals surface area contributed by atoms with Crippen LogP contribution in [0.25, 0.3) is 0 Å². The highest BCUT2D eigenvalue weighted by Crippen LogP contribution is 2.12. The Kier molecular flexibility index (Phi) is 5.88. The second-order valence-corrected chi connectivity index (χ2v) is 5.19. The number of carbonyl (C=O) groups is 2. The molecule has 2 aromatic rings. The first-order chi connectivity index (χ1) is 11.1. The van der Waals surface area contributed by atoms with Gasteiger partial charge in [0.25, 0.3) is 0 Å². The first-order valence-electron chi connectivity index (χ1n) is 7.38. The fourth-order valence-corrected chi connectivity index (χ4v) is 2.09. The molecule has 0 fully saturated rings. The van der Waals surface area contributed by atoms with Gasteiger partial charge < -0.3 is 15.8 Å². The van der Waals surface area contributed by atoms with Gasteiger partial charge in [0.05, 0.1) is 6.61 Å². The largest absolute Gasteiger partial charge is 0.368 e. The number of hydrogen-bond acceptors (Lipinski definition) is 3. The molecule has 3 N–H and O–H groups in total. The first kappa shape index (κ1) is 16.7. The number of nitrogens with one attached hydrogen (secondary N) is 1. The molecule has 0 aliphatic rings. The maximum absolute atomic E-state index is 12.2. The number of ether oxygens (including phenoxy) is 1. The summed E-state index contributed by atoms with van der Waals surface area (Å²) in [5.74, 6) is -0.992. The lowest BCUT2D eigenvalue weighted by Crippen LogP contribution is -2.42. The molecule has 0 aromatic heterocycles. The van der Waals surface area contributed by atoms with Crippen molar-refractivity contribution in [3.8, 4) is 0 Å². The number of benzene rings is 2. The van der Waals surface area contributed by atoms with E-state index < -0.39 is 18.1 Å². The molecule has 5 nitrogen and oxygen atoms in total. The Morgan fingerprint density at radius 3 is 2.17 bits per heavy atom. The van der Waals surface area contributed by atoms with Crippen molar-refractivity contribution in [2.45, 2.75) is 25.7 Å². The van der Waals surface area contributed by atoms with Gasteiger partial charge in [-0.15, -0.1) is 0 Å². The van der Waals surface area contributed by atoms with E-state index in [9.17, 15) is 9.59 Å². The highest BCUT2D eigenvalue weighted by Gasteiger charge is 2.23. The van der Waals surface area contributed by atoms with Gasteiger partial charge in [-0.25, -0.2) is 0 Å². The van der Waals surface area contributed by atoms with E-state index in [4.69, 9.17) is 10.5 Å². The van der Waals surface area contributed by atoms with Crippen LogP contribution in [-0.2, 0) is 20.9 Å². The summed E-state index contributed by atoms with van der Waals surface area (Å²) in [6, 6.07) is 17.6. The quantitative estimate of drug-likeness (QED) is 0.819. The zero-order valence-corrected chi connectivity index (χ0v) is 12.9. The summed E-state index contributed by atoms with van der Waals surface area (Å²) in [5, 5.41) is 2.63. The summed E-state index contributed by atoms with van der Waals surface area (Å²) < 4.78 is 5.54. The summed E-state index contributed by atoms with van der Waals surface area (Å²) >= 11 is 0. The van der Waals surface area contributed by atoms with Gasteiger partial charge in [-0.05, 0) is 18.1 Å². The second kappa shape index (κ2) is 8.10. The predicted octanol–water partition coefficient (Wildman–Crippen LogP) is 1.93. The Morgan fingerprint density at radius 2 is 1.61 bits per heavy atom. The minimum atomic E-state index is -0.869. The molecule has 120 valence electrons. The minimum Gasteiger partial charge on any atom is -0.368 e. The summed E-state index contributed by atoms with van der Waals surface area (Å²) in [5.41, 5.74) is 7.00. The Balaban J connectivity index is 1.94. The Hall–Kier alpha value is -2.66. The first-order valence-corrected chi connectivity index (χ1v) is 7.38. The van der Waals surface area contributed by atoms with E-state index in [-0.39, 0.29) is 5.91 Å². The average molecular weight is 312 g/mol. The molecule has 0 aliphatic carbocycles. The molecule has 2 aromatic carbocycles. The third kappa shape index (κ3) is 4.93. The third-order valence-electron chi connectivity index (χ3n) is 3.42. The smallest absolute Gasteiger partial charge is 0.249 e. The summed E-state index contributed by atoms with van der Waals surface area (Å²) in [6.07, 6.45) is -0.694. The van der Waals surface area contributed by atoms with Crippen molar-refractivity contribution in [3.63, 3.8) is 0 Å². The molecule has 23 heavy (non-hydrogen) atoms. The van der Waals surface area contributed by atoms with E-state index in [1.165, 1.54) is 0 Å². The highest BCUT2D eigenvalue weighted by molar-refractivity contribution is 5.89. The van der Waals surface area contributed by atoms with Crippen LogP contribution in [0.15, 0.2) is 60.7 Å². The molecule has 0 spiro atoms. The second-order valence-electron chi connectivity index (χ2n) is 5.19. The molecule has 0 heterocycles. The number of amides is 2. The fourth-order valence-electron chi connectivity index (χ4n) is 2.09. The van der Waals surface area contributed by atoms with Crippen molar-refractivity contribution in [3.05, 3.63) is 71.8 Å². The molecule has 2 amide bonds. The van der Waals surface area contributed by atoms with E-state index in [2.05, 4.69) is 5.32 Å².